The van der Waals surface area contributed by atoms with E-state index in [4.69, 9.17) is 9.97 Å². The summed E-state index contributed by atoms with van der Waals surface area (Å²) in [6, 6.07) is 74.8. The minimum Gasteiger partial charge on any atom is -0.228 e. The molecule has 11 aromatic carbocycles. The van der Waals surface area contributed by atoms with E-state index in [0.29, 0.717) is 5.82 Å². The molecule has 0 aliphatic heterocycles. The van der Waals surface area contributed by atoms with Gasteiger partial charge >= 0.3 is 0 Å². The number of hydrogen-bond donors (Lipinski definition) is 0. The number of aromatic nitrogens is 2. The molecule has 2 heteroatoms. The molecule has 0 unspecified atom stereocenters. The van der Waals surface area contributed by atoms with Crippen molar-refractivity contribution in [3.63, 3.8) is 0 Å². The molecule has 0 aliphatic carbocycles. The van der Waals surface area contributed by atoms with Gasteiger partial charge in [-0.3, -0.25) is 0 Å². The monoisotopic (exact) mass is 734 g/mol. The zero-order chi connectivity index (χ0) is 38.2. The van der Waals surface area contributed by atoms with Crippen LogP contribution in [-0.2, 0) is 0 Å². The van der Waals surface area contributed by atoms with Gasteiger partial charge in [0.15, 0.2) is 5.82 Å². The van der Waals surface area contributed by atoms with Crippen LogP contribution in [0.2, 0.25) is 0 Å². The Morgan fingerprint density at radius 1 is 0.241 bits per heavy atom. The molecule has 0 saturated carbocycles. The van der Waals surface area contributed by atoms with Crippen LogP contribution in [0.4, 0.5) is 0 Å². The molecule has 1 heterocycles. The Balaban J connectivity index is 1.21. The van der Waals surface area contributed by atoms with Crippen molar-refractivity contribution in [2.75, 3.05) is 0 Å². The maximum Gasteiger partial charge on any atom is 0.160 e. The number of benzene rings is 10. The maximum absolute atomic E-state index is 5.36. The van der Waals surface area contributed by atoms with Crippen LogP contribution >= 0.6 is 0 Å². The quantitative estimate of drug-likeness (QED) is 0.133. The molecule has 12 aromatic rings. The van der Waals surface area contributed by atoms with Crippen LogP contribution in [0.3, 0.4) is 0 Å². The first-order chi connectivity index (χ1) is 28.8. The van der Waals surface area contributed by atoms with Gasteiger partial charge in [-0.15, -0.1) is 0 Å². The second kappa shape index (κ2) is 12.9. The van der Waals surface area contributed by atoms with E-state index >= 15 is 0 Å². The fraction of sp³-hybridized carbons (Fsp3) is 0. The van der Waals surface area contributed by atoms with E-state index in [1.54, 1.807) is 0 Å². The Kier molecular flexibility index (Phi) is 7.26. The minimum atomic E-state index is 0.710. The van der Waals surface area contributed by atoms with Crippen molar-refractivity contribution in [2.45, 2.75) is 0 Å². The summed E-state index contributed by atoms with van der Waals surface area (Å²) in [6.45, 7) is 0. The third kappa shape index (κ3) is 4.99. The number of nitrogens with zero attached hydrogens (tertiary/aromatic N) is 2. The Morgan fingerprint density at radius 3 is 1.31 bits per heavy atom. The summed E-state index contributed by atoms with van der Waals surface area (Å²) in [5.41, 5.74) is 7.38. The topological polar surface area (TPSA) is 25.8 Å². The molecular formula is C56H34N2. The largest absolute Gasteiger partial charge is 0.228 e. The molecule has 0 N–H and O–H groups in total. The van der Waals surface area contributed by atoms with E-state index < -0.39 is 0 Å². The van der Waals surface area contributed by atoms with Gasteiger partial charge in [0.25, 0.3) is 0 Å². The van der Waals surface area contributed by atoms with Crippen LogP contribution in [0.5, 0.6) is 0 Å². The van der Waals surface area contributed by atoms with E-state index in [0.717, 1.165) is 38.9 Å². The molecular weight excluding hydrogens is 701 g/mol. The summed E-state index contributed by atoms with van der Waals surface area (Å²) in [5.74, 6) is 0.710. The molecule has 0 amide bonds. The van der Waals surface area contributed by atoms with Gasteiger partial charge < -0.3 is 0 Å². The molecule has 268 valence electrons. The molecule has 1 aromatic heterocycles. The van der Waals surface area contributed by atoms with Crippen LogP contribution in [0.25, 0.3) is 120 Å². The number of rotatable bonds is 4. The Morgan fingerprint density at radius 2 is 0.690 bits per heavy atom. The zero-order valence-electron chi connectivity index (χ0n) is 31.5. The molecule has 0 atom stereocenters. The third-order valence-corrected chi connectivity index (χ3v) is 12.0. The molecule has 0 bridgehead atoms. The first-order valence-electron chi connectivity index (χ1n) is 19.9. The van der Waals surface area contributed by atoms with E-state index in [-0.39, 0.29) is 0 Å². The van der Waals surface area contributed by atoms with Gasteiger partial charge in [0, 0.05) is 16.7 Å². The highest BCUT2D eigenvalue weighted by molar-refractivity contribution is 6.34. The Hall–Kier alpha value is -7.68. The van der Waals surface area contributed by atoms with Gasteiger partial charge in [-0.25, -0.2) is 9.97 Å². The Labute approximate surface area is 335 Å². The maximum atomic E-state index is 5.36. The van der Waals surface area contributed by atoms with Crippen molar-refractivity contribution in [3.05, 3.63) is 206 Å². The SMILES string of the molecule is c1ccc(-c2cc(-c3c4ccccc4c(-c4cc5ccc6cccc7c8ccccc8c8ccccc8c(c4)c5c67)c4ccccc34)nc(-c3ccccc3)n2)cc1. The molecule has 0 spiro atoms. The van der Waals surface area contributed by atoms with E-state index in [1.165, 1.54) is 75.8 Å². The number of fused-ring (bicyclic) bond motifs is 7. The molecule has 0 radical (unpaired) electrons. The van der Waals surface area contributed by atoms with Gasteiger partial charge in [-0.2, -0.15) is 0 Å². The van der Waals surface area contributed by atoms with Gasteiger partial charge in [0.1, 0.15) is 0 Å². The van der Waals surface area contributed by atoms with E-state index in [2.05, 4.69) is 194 Å². The summed E-state index contributed by atoms with van der Waals surface area (Å²) >= 11 is 0. The second-order valence-corrected chi connectivity index (χ2v) is 15.2. The zero-order valence-corrected chi connectivity index (χ0v) is 31.5. The molecule has 0 fully saturated rings. The van der Waals surface area contributed by atoms with Gasteiger partial charge in [-0.1, -0.05) is 188 Å². The Bertz CT molecular complexity index is 3490. The van der Waals surface area contributed by atoms with Crippen molar-refractivity contribution in [1.82, 2.24) is 9.97 Å². The van der Waals surface area contributed by atoms with Crippen LogP contribution < -0.4 is 0 Å². The fourth-order valence-corrected chi connectivity index (χ4v) is 9.49. The van der Waals surface area contributed by atoms with Crippen LogP contribution in [-0.4, -0.2) is 9.97 Å². The van der Waals surface area contributed by atoms with Gasteiger partial charge in [0.2, 0.25) is 0 Å². The fourth-order valence-electron chi connectivity index (χ4n) is 9.49. The predicted molar refractivity (Wildman–Crippen MR) is 246 cm³/mol. The lowest BCUT2D eigenvalue weighted by Gasteiger charge is -2.19. The standard InChI is InChI=1S/C56H34N2/c1-3-16-35(17-4-1)50-34-51(58-56(57-50)37-18-5-2-6-19-37)55-47-27-13-11-25-45(47)52(46-26-12-14-28-48(46)55)39-32-38-31-30-36-20-15-29-44-42-23-9-7-21-40(42)41-22-8-10-24-43(41)49(33-39)54(38)53(36)44/h1-34H. The highest BCUT2D eigenvalue weighted by Crippen LogP contribution is 2.47. The summed E-state index contributed by atoms with van der Waals surface area (Å²) in [5, 5.41) is 17.3. The summed E-state index contributed by atoms with van der Waals surface area (Å²) < 4.78 is 0. The van der Waals surface area contributed by atoms with Gasteiger partial charge in [0.05, 0.1) is 11.4 Å². The van der Waals surface area contributed by atoms with Crippen molar-refractivity contribution in [2.24, 2.45) is 0 Å². The summed E-state index contributed by atoms with van der Waals surface area (Å²) in [4.78, 5) is 10.5. The lowest BCUT2D eigenvalue weighted by Crippen LogP contribution is -1.98. The first kappa shape index (κ1) is 32.6. The van der Waals surface area contributed by atoms with Crippen LogP contribution in [0.15, 0.2) is 206 Å². The first-order valence-corrected chi connectivity index (χ1v) is 19.9. The van der Waals surface area contributed by atoms with Gasteiger partial charge in [-0.05, 0) is 105 Å². The highest BCUT2D eigenvalue weighted by atomic mass is 14.9. The minimum absolute atomic E-state index is 0.710. The van der Waals surface area contributed by atoms with Crippen LogP contribution in [0, 0.1) is 0 Å². The van der Waals surface area contributed by atoms with E-state index in [9.17, 15) is 0 Å². The molecule has 58 heavy (non-hydrogen) atoms. The van der Waals surface area contributed by atoms with Crippen molar-refractivity contribution < 1.29 is 0 Å². The van der Waals surface area contributed by atoms with E-state index in [1.807, 2.05) is 12.1 Å². The highest BCUT2D eigenvalue weighted by Gasteiger charge is 2.21. The molecule has 0 aliphatic rings. The molecule has 2 nitrogen and oxygen atoms in total. The summed E-state index contributed by atoms with van der Waals surface area (Å²) in [6.07, 6.45) is 0. The lowest BCUT2D eigenvalue weighted by molar-refractivity contribution is 1.19. The molecule has 12 rings (SSSR count). The molecule has 0 saturated heterocycles. The normalized spacial score (nSPS) is 11.8. The summed E-state index contributed by atoms with van der Waals surface area (Å²) in [7, 11) is 0. The lowest BCUT2D eigenvalue weighted by atomic mass is 9.84. The average molecular weight is 735 g/mol. The number of hydrogen-bond acceptors (Lipinski definition) is 2. The van der Waals surface area contributed by atoms with Crippen molar-refractivity contribution >= 4 is 75.4 Å². The van der Waals surface area contributed by atoms with Crippen molar-refractivity contribution in [3.8, 4) is 45.0 Å². The average Bonchev–Trinajstić information content (AvgIpc) is 3.30. The van der Waals surface area contributed by atoms with Crippen molar-refractivity contribution in [1.29, 1.82) is 0 Å². The second-order valence-electron chi connectivity index (χ2n) is 15.2. The predicted octanol–water partition coefficient (Wildman–Crippen LogP) is 15.2. The third-order valence-electron chi connectivity index (χ3n) is 12.0. The van der Waals surface area contributed by atoms with Crippen LogP contribution in [0.1, 0.15) is 0 Å². The smallest absolute Gasteiger partial charge is 0.160 e.